The van der Waals surface area contributed by atoms with Crippen LogP contribution in [0.1, 0.15) is 64.6 Å². The first-order chi connectivity index (χ1) is 17.3. The monoisotopic (exact) mass is 511 g/mol. The number of benzene rings is 2. The molecule has 188 valence electrons. The summed E-state index contributed by atoms with van der Waals surface area (Å²) in [4.78, 5) is 40.3. The number of anilines is 1. The highest BCUT2D eigenvalue weighted by Gasteiger charge is 2.37. The van der Waals surface area contributed by atoms with Gasteiger partial charge in [0, 0.05) is 23.9 Å². The summed E-state index contributed by atoms with van der Waals surface area (Å²) in [7, 11) is 0. The average Bonchev–Trinajstić information content (AvgIpc) is 3.30. The summed E-state index contributed by atoms with van der Waals surface area (Å²) in [5, 5.41) is 18.5. The Morgan fingerprint density at radius 3 is 2.56 bits per heavy atom. The number of nitrogens with one attached hydrogen (secondary N) is 1. The molecule has 4 rings (SSSR count). The fourth-order valence-corrected chi connectivity index (χ4v) is 4.87. The van der Waals surface area contributed by atoms with Gasteiger partial charge >= 0.3 is 0 Å². The molecule has 1 aliphatic rings. The molecule has 1 N–H and O–H groups in total. The molecule has 0 bridgehead atoms. The molecule has 0 radical (unpaired) electrons. The van der Waals surface area contributed by atoms with Gasteiger partial charge in [0.05, 0.1) is 9.80 Å². The van der Waals surface area contributed by atoms with Crippen molar-refractivity contribution in [2.45, 2.75) is 58.0 Å². The van der Waals surface area contributed by atoms with Crippen LogP contribution in [0.4, 0.5) is 15.8 Å². The van der Waals surface area contributed by atoms with Gasteiger partial charge < -0.3 is 5.32 Å². The van der Waals surface area contributed by atoms with Gasteiger partial charge in [-0.1, -0.05) is 41.9 Å². The minimum atomic E-state index is -1.30. The Labute approximate surface area is 211 Å². The summed E-state index contributed by atoms with van der Waals surface area (Å²) in [6.45, 7) is 3.27. The number of aromatic nitrogens is 2. The number of amides is 2. The van der Waals surface area contributed by atoms with Crippen molar-refractivity contribution in [3.63, 3.8) is 0 Å². The Balaban J connectivity index is 1.87. The molecule has 9 nitrogen and oxygen atoms in total. The second-order valence-corrected chi connectivity index (χ2v) is 9.84. The van der Waals surface area contributed by atoms with E-state index in [1.807, 2.05) is 0 Å². The first-order valence-electron chi connectivity index (χ1n) is 11.7. The topological polar surface area (TPSA) is 118 Å². The number of rotatable bonds is 7. The van der Waals surface area contributed by atoms with Gasteiger partial charge in [-0.2, -0.15) is 0 Å². The van der Waals surface area contributed by atoms with Crippen LogP contribution in [0.25, 0.3) is 0 Å². The van der Waals surface area contributed by atoms with E-state index >= 15 is 0 Å². The van der Waals surface area contributed by atoms with Gasteiger partial charge in [-0.25, -0.2) is 4.39 Å². The standard InChI is InChI=1S/C25H26FN5O4S/c1-15-11-12-19(14-21(15)26)30(25(33)22-16(2)36-29-28-22)23(17-7-6-10-20(13-17)31(34)35)24(32)27-18-8-4-3-5-9-18/h6-7,10-14,18,23H,3-5,8-9H2,1-2H3,(H,27,32). The number of carbonyl (C=O) groups is 2. The number of carbonyl (C=O) groups excluding carboxylic acids is 2. The van der Waals surface area contributed by atoms with Crippen molar-refractivity contribution < 1.29 is 18.9 Å². The lowest BCUT2D eigenvalue weighted by Crippen LogP contribution is -2.47. The maximum atomic E-state index is 14.7. The normalized spacial score (nSPS) is 14.8. The quantitative estimate of drug-likeness (QED) is 0.351. The van der Waals surface area contributed by atoms with Gasteiger partial charge in [0.1, 0.15) is 11.9 Å². The van der Waals surface area contributed by atoms with Crippen molar-refractivity contribution >= 4 is 34.7 Å². The number of hydrogen-bond acceptors (Lipinski definition) is 7. The van der Waals surface area contributed by atoms with Crippen LogP contribution in [0.5, 0.6) is 0 Å². The zero-order valence-electron chi connectivity index (χ0n) is 19.9. The third kappa shape index (κ3) is 5.40. The molecule has 11 heteroatoms. The number of halogens is 1. The smallest absolute Gasteiger partial charge is 0.281 e. The van der Waals surface area contributed by atoms with E-state index in [-0.39, 0.29) is 28.7 Å². The van der Waals surface area contributed by atoms with Crippen molar-refractivity contribution in [1.82, 2.24) is 14.9 Å². The fraction of sp³-hybridized carbons (Fsp3) is 0.360. The van der Waals surface area contributed by atoms with Gasteiger partial charge in [0.15, 0.2) is 5.69 Å². The molecule has 2 aromatic carbocycles. The summed E-state index contributed by atoms with van der Waals surface area (Å²) in [6, 6.07) is 8.44. The number of nitro benzene ring substituents is 1. The summed E-state index contributed by atoms with van der Waals surface area (Å²) in [5.41, 5.74) is 0.536. The van der Waals surface area contributed by atoms with E-state index in [9.17, 15) is 24.1 Å². The molecule has 2 amide bonds. The maximum Gasteiger partial charge on any atom is 0.281 e. The minimum Gasteiger partial charge on any atom is -0.351 e. The van der Waals surface area contributed by atoms with Gasteiger partial charge in [-0.3, -0.25) is 24.6 Å². The number of nitro groups is 1. The second kappa shape index (κ2) is 10.9. The molecule has 1 atom stereocenters. The van der Waals surface area contributed by atoms with E-state index in [4.69, 9.17) is 0 Å². The first-order valence-corrected chi connectivity index (χ1v) is 12.5. The zero-order valence-corrected chi connectivity index (χ0v) is 20.8. The number of hydrogen-bond donors (Lipinski definition) is 1. The molecule has 0 spiro atoms. The van der Waals surface area contributed by atoms with Crippen molar-refractivity contribution in [3.8, 4) is 0 Å². The van der Waals surface area contributed by atoms with Crippen LogP contribution in [-0.2, 0) is 4.79 Å². The van der Waals surface area contributed by atoms with E-state index in [0.29, 0.717) is 10.4 Å². The van der Waals surface area contributed by atoms with Crippen LogP contribution in [0, 0.1) is 29.8 Å². The summed E-state index contributed by atoms with van der Waals surface area (Å²) in [6.07, 6.45) is 4.64. The number of non-ortho nitro benzene ring substituents is 1. The molecule has 0 aliphatic heterocycles. The van der Waals surface area contributed by atoms with Crippen LogP contribution in [0.2, 0.25) is 0 Å². The zero-order chi connectivity index (χ0) is 25.8. The Morgan fingerprint density at radius 2 is 1.92 bits per heavy atom. The predicted octanol–water partition coefficient (Wildman–Crippen LogP) is 5.04. The molecular weight excluding hydrogens is 485 g/mol. The first kappa shape index (κ1) is 25.4. The molecule has 1 fully saturated rings. The van der Waals surface area contributed by atoms with Crippen molar-refractivity contribution in [2.75, 3.05) is 4.90 Å². The van der Waals surface area contributed by atoms with Crippen molar-refractivity contribution in [3.05, 3.63) is 80.1 Å². The third-order valence-electron chi connectivity index (χ3n) is 6.36. The molecule has 1 aromatic heterocycles. The van der Waals surface area contributed by atoms with Crippen LogP contribution in [-0.4, -0.2) is 32.4 Å². The summed E-state index contributed by atoms with van der Waals surface area (Å²) < 4.78 is 18.5. The Morgan fingerprint density at radius 1 is 1.17 bits per heavy atom. The number of nitrogens with zero attached hydrogens (tertiary/aromatic N) is 4. The fourth-order valence-electron chi connectivity index (χ4n) is 4.41. The molecule has 1 heterocycles. The maximum absolute atomic E-state index is 14.7. The third-order valence-corrected chi connectivity index (χ3v) is 6.99. The Kier molecular flexibility index (Phi) is 7.68. The van der Waals surface area contributed by atoms with E-state index in [1.54, 1.807) is 26.0 Å². The Bertz CT molecular complexity index is 1290. The molecule has 36 heavy (non-hydrogen) atoms. The lowest BCUT2D eigenvalue weighted by molar-refractivity contribution is -0.384. The van der Waals surface area contributed by atoms with Gasteiger partial charge in [-0.15, -0.1) is 5.10 Å². The number of aryl methyl sites for hydroxylation is 2. The molecule has 3 aromatic rings. The highest BCUT2D eigenvalue weighted by molar-refractivity contribution is 7.05. The second-order valence-electron chi connectivity index (χ2n) is 8.88. The average molecular weight is 512 g/mol. The molecule has 1 unspecified atom stereocenters. The Hall–Kier alpha value is -3.73. The molecule has 0 saturated heterocycles. The van der Waals surface area contributed by atoms with E-state index in [1.165, 1.54) is 30.3 Å². The largest absolute Gasteiger partial charge is 0.351 e. The molecule has 1 aliphatic carbocycles. The highest BCUT2D eigenvalue weighted by atomic mass is 32.1. The van der Waals surface area contributed by atoms with E-state index in [2.05, 4.69) is 14.9 Å². The van der Waals surface area contributed by atoms with Crippen LogP contribution in [0.3, 0.4) is 0 Å². The lowest BCUT2D eigenvalue weighted by atomic mass is 9.94. The summed E-state index contributed by atoms with van der Waals surface area (Å²) >= 11 is 1.03. The van der Waals surface area contributed by atoms with Crippen molar-refractivity contribution in [1.29, 1.82) is 0 Å². The van der Waals surface area contributed by atoms with E-state index < -0.39 is 28.6 Å². The molecular formula is C25H26FN5O4S. The van der Waals surface area contributed by atoms with Crippen LogP contribution < -0.4 is 10.2 Å². The summed E-state index contributed by atoms with van der Waals surface area (Å²) in [5.74, 6) is -1.71. The van der Waals surface area contributed by atoms with Crippen LogP contribution in [0.15, 0.2) is 42.5 Å². The lowest BCUT2D eigenvalue weighted by Gasteiger charge is -2.33. The minimum absolute atomic E-state index is 0.0295. The predicted molar refractivity (Wildman–Crippen MR) is 133 cm³/mol. The SMILES string of the molecule is Cc1ccc(N(C(=O)c2nnsc2C)C(C(=O)NC2CCCCC2)c2cccc([N+](=O)[O-])c2)cc1F. The van der Waals surface area contributed by atoms with Gasteiger partial charge in [0.2, 0.25) is 5.91 Å². The van der Waals surface area contributed by atoms with Gasteiger partial charge in [0.25, 0.3) is 11.6 Å². The van der Waals surface area contributed by atoms with Gasteiger partial charge in [-0.05, 0) is 61.5 Å². The molecule has 1 saturated carbocycles. The van der Waals surface area contributed by atoms with E-state index in [0.717, 1.165) is 48.5 Å². The highest BCUT2D eigenvalue weighted by Crippen LogP contribution is 2.33. The van der Waals surface area contributed by atoms with Crippen molar-refractivity contribution in [2.24, 2.45) is 0 Å². The van der Waals surface area contributed by atoms with Crippen LogP contribution >= 0.6 is 11.5 Å².